The highest BCUT2D eigenvalue weighted by Gasteiger charge is 2.27. The van der Waals surface area contributed by atoms with Crippen LogP contribution in [-0.4, -0.2) is 18.6 Å². The molecule has 0 aromatic rings. The Hall–Kier alpha value is 0.250. The van der Waals surface area contributed by atoms with Crippen molar-refractivity contribution in [3.8, 4) is 0 Å². The third kappa shape index (κ3) is 2.87. The Kier molecular flexibility index (Phi) is 4.12. The van der Waals surface area contributed by atoms with Gasteiger partial charge in [-0.2, -0.15) is 0 Å². The van der Waals surface area contributed by atoms with Crippen molar-refractivity contribution in [3.05, 3.63) is 0 Å². The molecule has 2 heteroatoms. The van der Waals surface area contributed by atoms with Crippen molar-refractivity contribution in [2.24, 2.45) is 11.8 Å². The maximum absolute atomic E-state index is 6.32. The lowest BCUT2D eigenvalue weighted by Gasteiger charge is -2.31. The van der Waals surface area contributed by atoms with Crippen molar-refractivity contribution in [3.63, 3.8) is 0 Å². The van der Waals surface area contributed by atoms with Crippen molar-refractivity contribution >= 4 is 11.6 Å². The first-order valence-electron chi connectivity index (χ1n) is 6.08. The molecule has 2 fully saturated rings. The summed E-state index contributed by atoms with van der Waals surface area (Å²) in [6.07, 6.45) is 9.55. The molecule has 0 amide bonds. The van der Waals surface area contributed by atoms with Crippen LogP contribution in [0.4, 0.5) is 0 Å². The smallest absolute Gasteiger partial charge is 0.0508 e. The Morgan fingerprint density at radius 2 is 1.86 bits per heavy atom. The van der Waals surface area contributed by atoms with E-state index in [9.17, 15) is 0 Å². The summed E-state index contributed by atoms with van der Waals surface area (Å²) in [7, 11) is 0. The predicted molar refractivity (Wildman–Crippen MR) is 59.8 cm³/mol. The van der Waals surface area contributed by atoms with Gasteiger partial charge in [0.1, 0.15) is 0 Å². The van der Waals surface area contributed by atoms with Crippen molar-refractivity contribution in [2.45, 2.75) is 50.3 Å². The molecule has 2 rings (SSSR count). The Bertz CT molecular complexity index is 166. The Balaban J connectivity index is 1.76. The van der Waals surface area contributed by atoms with Gasteiger partial charge < -0.3 is 4.74 Å². The molecule has 0 radical (unpaired) electrons. The van der Waals surface area contributed by atoms with Crippen LogP contribution in [0.2, 0.25) is 0 Å². The molecule has 1 aliphatic carbocycles. The molecular formula is C12H21ClO. The highest BCUT2D eigenvalue weighted by Crippen LogP contribution is 2.33. The second-order valence-corrected chi connectivity index (χ2v) is 5.44. The van der Waals surface area contributed by atoms with Crippen molar-refractivity contribution in [1.82, 2.24) is 0 Å². The van der Waals surface area contributed by atoms with E-state index in [1.165, 1.54) is 38.5 Å². The molecule has 0 bridgehead atoms. The SMILES string of the molecule is ClC1CCOCC1CC1CCCCC1. The quantitative estimate of drug-likeness (QED) is 0.641. The van der Waals surface area contributed by atoms with Crippen molar-refractivity contribution in [1.29, 1.82) is 0 Å². The Morgan fingerprint density at radius 3 is 2.57 bits per heavy atom. The minimum Gasteiger partial charge on any atom is -0.381 e. The van der Waals surface area contributed by atoms with Gasteiger partial charge >= 0.3 is 0 Å². The summed E-state index contributed by atoms with van der Waals surface area (Å²) in [4.78, 5) is 0. The van der Waals surface area contributed by atoms with E-state index < -0.39 is 0 Å². The van der Waals surface area contributed by atoms with Crippen molar-refractivity contribution < 1.29 is 4.74 Å². The topological polar surface area (TPSA) is 9.23 Å². The van der Waals surface area contributed by atoms with E-state index in [0.717, 1.165) is 25.6 Å². The molecule has 0 spiro atoms. The van der Waals surface area contributed by atoms with Gasteiger partial charge in [0.2, 0.25) is 0 Å². The third-order valence-electron chi connectivity index (χ3n) is 3.74. The summed E-state index contributed by atoms with van der Waals surface area (Å²) in [6.45, 7) is 1.78. The summed E-state index contributed by atoms with van der Waals surface area (Å²) in [6, 6.07) is 0. The first kappa shape index (κ1) is 10.8. The van der Waals surface area contributed by atoms with E-state index in [1.54, 1.807) is 0 Å². The van der Waals surface area contributed by atoms with Crippen molar-refractivity contribution in [2.75, 3.05) is 13.2 Å². The van der Waals surface area contributed by atoms with Crippen LogP contribution in [0.3, 0.4) is 0 Å². The molecule has 0 aromatic heterocycles. The fourth-order valence-corrected chi connectivity index (χ4v) is 3.10. The van der Waals surface area contributed by atoms with Gasteiger partial charge in [0.15, 0.2) is 0 Å². The first-order valence-corrected chi connectivity index (χ1v) is 6.51. The van der Waals surface area contributed by atoms with Crippen LogP contribution in [0.5, 0.6) is 0 Å². The number of rotatable bonds is 2. The van der Waals surface area contributed by atoms with Gasteiger partial charge in [-0.05, 0) is 24.7 Å². The molecule has 2 atom stereocenters. The van der Waals surface area contributed by atoms with E-state index in [-0.39, 0.29) is 0 Å². The minimum absolute atomic E-state index is 0.380. The predicted octanol–water partition coefficient (Wildman–Crippen LogP) is 3.60. The van der Waals surface area contributed by atoms with E-state index in [4.69, 9.17) is 16.3 Å². The third-order valence-corrected chi connectivity index (χ3v) is 4.32. The average molecular weight is 217 g/mol. The zero-order chi connectivity index (χ0) is 9.80. The molecule has 1 nitrogen and oxygen atoms in total. The fourth-order valence-electron chi connectivity index (χ4n) is 2.84. The molecule has 2 aliphatic rings. The van der Waals surface area contributed by atoms with Crippen LogP contribution in [0.25, 0.3) is 0 Å². The highest BCUT2D eigenvalue weighted by atomic mass is 35.5. The molecule has 1 aliphatic heterocycles. The van der Waals surface area contributed by atoms with E-state index in [1.807, 2.05) is 0 Å². The van der Waals surface area contributed by atoms with Gasteiger partial charge in [-0.1, -0.05) is 32.1 Å². The van der Waals surface area contributed by atoms with Crippen LogP contribution in [0, 0.1) is 11.8 Å². The number of ether oxygens (including phenoxy) is 1. The zero-order valence-corrected chi connectivity index (χ0v) is 9.64. The molecular weight excluding hydrogens is 196 g/mol. The molecule has 82 valence electrons. The average Bonchev–Trinajstić information content (AvgIpc) is 2.23. The van der Waals surface area contributed by atoms with Crippen LogP contribution in [-0.2, 0) is 4.74 Å². The van der Waals surface area contributed by atoms with Crippen LogP contribution < -0.4 is 0 Å². The van der Waals surface area contributed by atoms with Gasteiger partial charge in [0.05, 0.1) is 6.61 Å². The Labute approximate surface area is 92.2 Å². The number of halogens is 1. The molecule has 1 heterocycles. The van der Waals surface area contributed by atoms with E-state index in [0.29, 0.717) is 11.3 Å². The lowest BCUT2D eigenvalue weighted by Crippen LogP contribution is -2.30. The molecule has 14 heavy (non-hydrogen) atoms. The molecule has 0 N–H and O–H groups in total. The molecule has 1 saturated carbocycles. The summed E-state index contributed by atoms with van der Waals surface area (Å²) < 4.78 is 5.51. The second kappa shape index (κ2) is 5.37. The normalized spacial score (nSPS) is 35.8. The largest absolute Gasteiger partial charge is 0.381 e. The maximum atomic E-state index is 6.32. The zero-order valence-electron chi connectivity index (χ0n) is 8.88. The molecule has 0 aromatic carbocycles. The summed E-state index contributed by atoms with van der Waals surface area (Å²) in [5.41, 5.74) is 0. The monoisotopic (exact) mass is 216 g/mol. The fraction of sp³-hybridized carbons (Fsp3) is 1.00. The van der Waals surface area contributed by atoms with Gasteiger partial charge in [-0.3, -0.25) is 0 Å². The first-order chi connectivity index (χ1) is 6.86. The van der Waals surface area contributed by atoms with Crippen LogP contribution in [0.15, 0.2) is 0 Å². The summed E-state index contributed by atoms with van der Waals surface area (Å²) >= 11 is 6.32. The van der Waals surface area contributed by atoms with E-state index in [2.05, 4.69) is 0 Å². The lowest BCUT2D eigenvalue weighted by molar-refractivity contribution is 0.0453. The summed E-state index contributed by atoms with van der Waals surface area (Å²) in [5.74, 6) is 1.57. The maximum Gasteiger partial charge on any atom is 0.0508 e. The number of hydrogen-bond donors (Lipinski definition) is 0. The molecule has 1 saturated heterocycles. The number of alkyl halides is 1. The van der Waals surface area contributed by atoms with Gasteiger partial charge in [0, 0.05) is 12.0 Å². The standard InChI is InChI=1S/C12H21ClO/c13-12-6-7-14-9-11(12)8-10-4-2-1-3-5-10/h10-12H,1-9H2. The van der Waals surface area contributed by atoms with Crippen LogP contribution >= 0.6 is 11.6 Å². The molecule has 2 unspecified atom stereocenters. The lowest BCUT2D eigenvalue weighted by atomic mass is 9.81. The van der Waals surface area contributed by atoms with Gasteiger partial charge in [-0.15, -0.1) is 11.6 Å². The number of hydrogen-bond acceptors (Lipinski definition) is 1. The highest BCUT2D eigenvalue weighted by molar-refractivity contribution is 6.20. The van der Waals surface area contributed by atoms with E-state index >= 15 is 0 Å². The van der Waals surface area contributed by atoms with Gasteiger partial charge in [0.25, 0.3) is 0 Å². The minimum atomic E-state index is 0.380. The Morgan fingerprint density at radius 1 is 1.07 bits per heavy atom. The van der Waals surface area contributed by atoms with Crippen LogP contribution in [0.1, 0.15) is 44.9 Å². The second-order valence-electron chi connectivity index (χ2n) is 4.88. The van der Waals surface area contributed by atoms with Gasteiger partial charge in [-0.25, -0.2) is 0 Å². The summed E-state index contributed by atoms with van der Waals surface area (Å²) in [5, 5.41) is 0.380.